The van der Waals surface area contributed by atoms with Crippen molar-refractivity contribution in [3.05, 3.63) is 35.4 Å². The van der Waals surface area contributed by atoms with Crippen molar-refractivity contribution < 1.29 is 22.8 Å². The van der Waals surface area contributed by atoms with Gasteiger partial charge in [0.2, 0.25) is 15.9 Å². The lowest BCUT2D eigenvalue weighted by Crippen LogP contribution is -2.56. The Labute approximate surface area is 171 Å². The van der Waals surface area contributed by atoms with Crippen LogP contribution in [0.2, 0.25) is 0 Å². The largest absolute Gasteiger partial charge is 0.350 e. The van der Waals surface area contributed by atoms with Gasteiger partial charge in [0.05, 0.1) is 5.75 Å². The van der Waals surface area contributed by atoms with Crippen LogP contribution in [0.25, 0.3) is 0 Å². The summed E-state index contributed by atoms with van der Waals surface area (Å²) in [6.07, 6.45) is 0. The summed E-state index contributed by atoms with van der Waals surface area (Å²) in [6, 6.07) is 6.73. The Morgan fingerprint density at radius 3 is 2.17 bits per heavy atom. The second kappa shape index (κ2) is 9.84. The van der Waals surface area contributed by atoms with E-state index in [1.807, 2.05) is 0 Å². The summed E-state index contributed by atoms with van der Waals surface area (Å²) >= 11 is 0. The molecular weight excluding hydrogens is 396 g/mol. The number of benzene rings is 1. The fourth-order valence-electron chi connectivity index (χ4n) is 2.97. The maximum absolute atomic E-state index is 12.1. The number of hydrogen-bond donors (Lipinski definition) is 2. The minimum absolute atomic E-state index is 0.113. The van der Waals surface area contributed by atoms with Gasteiger partial charge in [-0.3, -0.25) is 14.4 Å². The van der Waals surface area contributed by atoms with Gasteiger partial charge in [-0.1, -0.05) is 24.3 Å². The molecule has 1 heterocycles. The first kappa shape index (κ1) is 22.8. The van der Waals surface area contributed by atoms with Gasteiger partial charge >= 0.3 is 11.8 Å². The van der Waals surface area contributed by atoms with Gasteiger partial charge in [0.1, 0.15) is 6.54 Å². The summed E-state index contributed by atoms with van der Waals surface area (Å²) in [5.74, 6) is -1.71. The SMILES string of the molecule is CCN1CCN(CC(=O)NCc2ccc(CS(=O)(=O)NC(C)C)cc2)C(=O)C1=O. The number of nitrogens with one attached hydrogen (secondary N) is 2. The number of rotatable bonds is 9. The summed E-state index contributed by atoms with van der Waals surface area (Å²) < 4.78 is 26.5. The molecule has 3 amide bonds. The molecule has 10 heteroatoms. The molecule has 0 saturated carbocycles. The molecule has 0 bridgehead atoms. The van der Waals surface area contributed by atoms with E-state index in [0.717, 1.165) is 5.56 Å². The van der Waals surface area contributed by atoms with Crippen LogP contribution in [0.3, 0.4) is 0 Å². The zero-order valence-electron chi connectivity index (χ0n) is 17.0. The van der Waals surface area contributed by atoms with E-state index >= 15 is 0 Å². The van der Waals surface area contributed by atoms with Crippen LogP contribution in [0.15, 0.2) is 24.3 Å². The topological polar surface area (TPSA) is 116 Å². The first-order chi connectivity index (χ1) is 13.6. The van der Waals surface area contributed by atoms with Crippen molar-refractivity contribution in [1.82, 2.24) is 19.8 Å². The van der Waals surface area contributed by atoms with Crippen LogP contribution in [-0.4, -0.2) is 68.2 Å². The second-order valence-electron chi connectivity index (χ2n) is 7.24. The normalized spacial score (nSPS) is 15.2. The number of piperazine rings is 1. The summed E-state index contributed by atoms with van der Waals surface area (Å²) in [5, 5.41) is 2.71. The Kier molecular flexibility index (Phi) is 7.74. The molecule has 0 spiro atoms. The molecule has 1 aliphatic rings. The number of sulfonamides is 1. The third kappa shape index (κ3) is 6.82. The third-order valence-electron chi connectivity index (χ3n) is 4.40. The van der Waals surface area contributed by atoms with Crippen LogP contribution in [0, 0.1) is 0 Å². The number of likely N-dealkylation sites (N-methyl/N-ethyl adjacent to an activating group) is 1. The number of nitrogens with zero attached hydrogens (tertiary/aromatic N) is 2. The van der Waals surface area contributed by atoms with Gasteiger partial charge < -0.3 is 15.1 Å². The average molecular weight is 425 g/mol. The van der Waals surface area contributed by atoms with Crippen molar-refractivity contribution in [3.63, 3.8) is 0 Å². The molecule has 1 fully saturated rings. The molecule has 0 atom stereocenters. The summed E-state index contributed by atoms with van der Waals surface area (Å²) in [4.78, 5) is 38.7. The molecular formula is C19H28N4O5S. The predicted octanol–water partition coefficient (Wildman–Crippen LogP) is -0.179. The molecule has 9 nitrogen and oxygen atoms in total. The fraction of sp³-hybridized carbons (Fsp3) is 0.526. The van der Waals surface area contributed by atoms with E-state index in [0.29, 0.717) is 25.2 Å². The van der Waals surface area contributed by atoms with Crippen molar-refractivity contribution >= 4 is 27.7 Å². The molecule has 1 aromatic rings. The molecule has 1 saturated heterocycles. The Bertz CT molecular complexity index is 852. The van der Waals surface area contributed by atoms with Crippen molar-refractivity contribution in [2.45, 2.75) is 39.1 Å². The predicted molar refractivity (Wildman–Crippen MR) is 108 cm³/mol. The van der Waals surface area contributed by atoms with Crippen LogP contribution in [-0.2, 0) is 36.7 Å². The summed E-state index contributed by atoms with van der Waals surface area (Å²) in [5.41, 5.74) is 1.45. The third-order valence-corrected chi connectivity index (χ3v) is 5.94. The van der Waals surface area contributed by atoms with E-state index < -0.39 is 21.8 Å². The summed E-state index contributed by atoms with van der Waals surface area (Å²) in [6.45, 7) is 6.62. The Hall–Kier alpha value is -2.46. The van der Waals surface area contributed by atoms with E-state index in [1.54, 1.807) is 45.0 Å². The Morgan fingerprint density at radius 1 is 1.03 bits per heavy atom. The van der Waals surface area contributed by atoms with Gasteiger partial charge in [-0.25, -0.2) is 13.1 Å². The van der Waals surface area contributed by atoms with Crippen molar-refractivity contribution in [2.75, 3.05) is 26.2 Å². The van der Waals surface area contributed by atoms with Crippen molar-refractivity contribution in [1.29, 1.82) is 0 Å². The van der Waals surface area contributed by atoms with Crippen LogP contribution in [0.5, 0.6) is 0 Å². The van der Waals surface area contributed by atoms with Crippen molar-refractivity contribution in [3.8, 4) is 0 Å². The van der Waals surface area contributed by atoms with E-state index in [9.17, 15) is 22.8 Å². The highest BCUT2D eigenvalue weighted by Crippen LogP contribution is 2.09. The number of carbonyl (C=O) groups is 3. The molecule has 1 aromatic carbocycles. The second-order valence-corrected chi connectivity index (χ2v) is 8.99. The molecule has 1 aliphatic heterocycles. The van der Waals surface area contributed by atoms with E-state index in [1.165, 1.54) is 9.80 Å². The van der Waals surface area contributed by atoms with Gasteiger partial charge in [-0.15, -0.1) is 0 Å². The van der Waals surface area contributed by atoms with Gasteiger partial charge in [0.15, 0.2) is 0 Å². The minimum atomic E-state index is -3.39. The van der Waals surface area contributed by atoms with Crippen LogP contribution in [0.4, 0.5) is 0 Å². The smallest absolute Gasteiger partial charge is 0.312 e. The average Bonchev–Trinajstić information content (AvgIpc) is 2.64. The fourth-order valence-corrected chi connectivity index (χ4v) is 4.40. The molecule has 2 rings (SSSR count). The molecule has 0 aliphatic carbocycles. The van der Waals surface area contributed by atoms with Gasteiger partial charge in [-0.05, 0) is 31.9 Å². The molecule has 2 N–H and O–H groups in total. The number of carbonyl (C=O) groups excluding carboxylic acids is 3. The van der Waals surface area contributed by atoms with Gasteiger partial charge in [0.25, 0.3) is 0 Å². The van der Waals surface area contributed by atoms with E-state index in [-0.39, 0.29) is 30.8 Å². The first-order valence-corrected chi connectivity index (χ1v) is 11.2. The van der Waals surface area contributed by atoms with Gasteiger partial charge in [0, 0.05) is 32.2 Å². The molecule has 0 unspecified atom stereocenters. The minimum Gasteiger partial charge on any atom is -0.350 e. The number of hydrogen-bond acceptors (Lipinski definition) is 5. The lowest BCUT2D eigenvalue weighted by atomic mass is 10.1. The molecule has 0 aromatic heterocycles. The highest BCUT2D eigenvalue weighted by atomic mass is 32.2. The zero-order valence-corrected chi connectivity index (χ0v) is 17.8. The molecule has 160 valence electrons. The zero-order chi connectivity index (χ0) is 21.6. The maximum Gasteiger partial charge on any atom is 0.312 e. The summed E-state index contributed by atoms with van der Waals surface area (Å²) in [7, 11) is -3.39. The maximum atomic E-state index is 12.1. The first-order valence-electron chi connectivity index (χ1n) is 9.54. The number of amides is 3. The Balaban J connectivity index is 1.83. The lowest BCUT2D eigenvalue weighted by Gasteiger charge is -2.32. The highest BCUT2D eigenvalue weighted by Gasteiger charge is 2.32. The Morgan fingerprint density at radius 2 is 1.59 bits per heavy atom. The van der Waals surface area contributed by atoms with E-state index in [2.05, 4.69) is 10.0 Å². The van der Waals surface area contributed by atoms with E-state index in [4.69, 9.17) is 0 Å². The monoisotopic (exact) mass is 424 g/mol. The highest BCUT2D eigenvalue weighted by molar-refractivity contribution is 7.88. The van der Waals surface area contributed by atoms with Crippen molar-refractivity contribution in [2.24, 2.45) is 0 Å². The quantitative estimate of drug-likeness (QED) is 0.534. The standard InChI is InChI=1S/C19H28N4O5S/c1-4-22-9-10-23(19(26)18(22)25)12-17(24)20-11-15-5-7-16(8-6-15)13-29(27,28)21-14(2)3/h5-8,14,21H,4,9-13H2,1-3H3,(H,20,24). The lowest BCUT2D eigenvalue weighted by molar-refractivity contribution is -0.156. The van der Waals surface area contributed by atoms with Crippen LogP contribution in [0.1, 0.15) is 31.9 Å². The van der Waals surface area contributed by atoms with Crippen LogP contribution >= 0.6 is 0 Å². The van der Waals surface area contributed by atoms with Gasteiger partial charge in [-0.2, -0.15) is 0 Å². The molecule has 0 radical (unpaired) electrons. The van der Waals surface area contributed by atoms with Crippen LogP contribution < -0.4 is 10.0 Å². The molecule has 29 heavy (non-hydrogen) atoms.